The lowest BCUT2D eigenvalue weighted by molar-refractivity contribution is -0.119. The predicted molar refractivity (Wildman–Crippen MR) is 73.7 cm³/mol. The maximum Gasteiger partial charge on any atom is 0.228 e. The third-order valence-electron chi connectivity index (χ3n) is 3.64. The number of hydrogen-bond donors (Lipinski definition) is 1. The summed E-state index contributed by atoms with van der Waals surface area (Å²) in [5.41, 5.74) is 1.73. The number of carbonyl (C=O) groups excluding carboxylic acids is 1. The quantitative estimate of drug-likeness (QED) is 0.904. The van der Waals surface area contributed by atoms with E-state index in [1.165, 1.54) is 11.3 Å². The Bertz CT molecular complexity index is 493. The molecule has 0 bridgehead atoms. The van der Waals surface area contributed by atoms with Gasteiger partial charge in [-0.15, -0.1) is 11.3 Å². The monoisotopic (exact) mass is 262 g/mol. The van der Waals surface area contributed by atoms with Gasteiger partial charge in [0.1, 0.15) is 11.1 Å². The second kappa shape index (κ2) is 5.53. The molecule has 0 aliphatic heterocycles. The van der Waals surface area contributed by atoms with Crippen LogP contribution in [0.2, 0.25) is 0 Å². The number of carbonyl (C=O) groups is 1. The molecule has 4 heteroatoms. The molecule has 0 radical (unpaired) electrons. The molecule has 96 valence electrons. The molecule has 2 rings (SSSR count). The van der Waals surface area contributed by atoms with E-state index in [0.29, 0.717) is 5.56 Å². The topological polar surface area (TPSA) is 52.9 Å². The number of aryl methyl sites for hydroxylation is 1. The molecule has 3 nitrogen and oxygen atoms in total. The summed E-state index contributed by atoms with van der Waals surface area (Å²) in [6.07, 6.45) is 5.10. The highest BCUT2D eigenvalue weighted by Gasteiger charge is 2.24. The number of thiophene rings is 1. The van der Waals surface area contributed by atoms with Crippen LogP contribution in [0.3, 0.4) is 0 Å². The van der Waals surface area contributed by atoms with Crippen molar-refractivity contribution in [2.75, 3.05) is 5.32 Å². The molecule has 18 heavy (non-hydrogen) atoms. The minimum atomic E-state index is 0.0907. The van der Waals surface area contributed by atoms with Gasteiger partial charge >= 0.3 is 0 Å². The van der Waals surface area contributed by atoms with Crippen LogP contribution in [0.25, 0.3) is 0 Å². The van der Waals surface area contributed by atoms with E-state index < -0.39 is 0 Å². The Kier molecular flexibility index (Phi) is 4.03. The molecule has 0 spiro atoms. The van der Waals surface area contributed by atoms with Gasteiger partial charge in [0.05, 0.1) is 5.56 Å². The number of nitriles is 1. The molecule has 0 aromatic carbocycles. The number of nitrogens with one attached hydrogen (secondary N) is 1. The maximum atomic E-state index is 12.1. The summed E-state index contributed by atoms with van der Waals surface area (Å²) in [5.74, 6) is 0.233. The van der Waals surface area contributed by atoms with Gasteiger partial charge in [-0.1, -0.05) is 19.8 Å². The lowest BCUT2D eigenvalue weighted by atomic mass is 10.1. The summed E-state index contributed by atoms with van der Waals surface area (Å²) >= 11 is 1.52. The second-order valence-corrected chi connectivity index (χ2v) is 6.00. The zero-order chi connectivity index (χ0) is 13.1. The van der Waals surface area contributed by atoms with Gasteiger partial charge in [0.25, 0.3) is 0 Å². The van der Waals surface area contributed by atoms with Gasteiger partial charge in [-0.25, -0.2) is 0 Å². The van der Waals surface area contributed by atoms with Gasteiger partial charge in [-0.05, 0) is 31.7 Å². The van der Waals surface area contributed by atoms with Crippen molar-refractivity contribution >= 4 is 22.2 Å². The molecule has 1 saturated carbocycles. The summed E-state index contributed by atoms with van der Waals surface area (Å²) < 4.78 is 0. The van der Waals surface area contributed by atoms with Gasteiger partial charge in [0.2, 0.25) is 5.91 Å². The molecule has 0 saturated heterocycles. The summed E-state index contributed by atoms with van der Waals surface area (Å²) in [6, 6.07) is 2.23. The van der Waals surface area contributed by atoms with Gasteiger partial charge < -0.3 is 5.32 Å². The molecular weight excluding hydrogens is 244 g/mol. The van der Waals surface area contributed by atoms with Gasteiger partial charge in [-0.3, -0.25) is 4.79 Å². The molecule has 1 aliphatic rings. The van der Waals surface area contributed by atoms with E-state index in [2.05, 4.69) is 11.4 Å². The molecule has 1 heterocycles. The van der Waals surface area contributed by atoms with Crippen molar-refractivity contribution in [1.82, 2.24) is 0 Å². The van der Waals surface area contributed by atoms with E-state index in [-0.39, 0.29) is 11.8 Å². The number of rotatable bonds is 3. The Morgan fingerprint density at radius 1 is 1.50 bits per heavy atom. The summed E-state index contributed by atoms with van der Waals surface area (Å²) in [6.45, 7) is 4.05. The maximum absolute atomic E-state index is 12.1. The average molecular weight is 262 g/mol. The SMILES string of the molecule is CCc1c(C)sc(NC(=O)C2CCCC2)c1C#N. The first-order valence-corrected chi connectivity index (χ1v) is 7.32. The lowest BCUT2D eigenvalue weighted by Gasteiger charge is -2.08. The smallest absolute Gasteiger partial charge is 0.228 e. The molecule has 1 N–H and O–H groups in total. The Hall–Kier alpha value is -1.34. The van der Waals surface area contributed by atoms with E-state index in [9.17, 15) is 10.1 Å². The summed E-state index contributed by atoms with van der Waals surface area (Å²) in [7, 11) is 0. The Morgan fingerprint density at radius 3 is 2.72 bits per heavy atom. The van der Waals surface area contributed by atoms with Crippen molar-refractivity contribution in [3.8, 4) is 6.07 Å². The molecule has 1 amide bonds. The van der Waals surface area contributed by atoms with Crippen LogP contribution in [0.15, 0.2) is 0 Å². The minimum Gasteiger partial charge on any atom is -0.316 e. The van der Waals surface area contributed by atoms with Crippen molar-refractivity contribution in [3.63, 3.8) is 0 Å². The molecule has 1 aromatic rings. The number of amides is 1. The fourth-order valence-electron chi connectivity index (χ4n) is 2.61. The van der Waals surface area contributed by atoms with Gasteiger partial charge in [-0.2, -0.15) is 5.26 Å². The first-order chi connectivity index (χ1) is 8.67. The Labute approximate surface area is 112 Å². The van der Waals surface area contributed by atoms with Crippen molar-refractivity contribution < 1.29 is 4.79 Å². The number of nitrogens with zero attached hydrogens (tertiary/aromatic N) is 1. The summed E-state index contributed by atoms with van der Waals surface area (Å²) in [5, 5.41) is 12.9. The van der Waals surface area contributed by atoms with Crippen molar-refractivity contribution in [1.29, 1.82) is 5.26 Å². The summed E-state index contributed by atoms with van der Waals surface area (Å²) in [4.78, 5) is 13.2. The van der Waals surface area contributed by atoms with Crippen LogP contribution in [0, 0.1) is 24.2 Å². The Balaban J connectivity index is 2.19. The third-order valence-corrected chi connectivity index (χ3v) is 4.70. The van der Waals surface area contributed by atoms with Crippen LogP contribution in [-0.4, -0.2) is 5.91 Å². The van der Waals surface area contributed by atoms with Crippen LogP contribution in [0.4, 0.5) is 5.00 Å². The first kappa shape index (κ1) is 13.1. The van der Waals surface area contributed by atoms with Crippen molar-refractivity contribution in [3.05, 3.63) is 16.0 Å². The fourth-order valence-corrected chi connectivity index (χ4v) is 3.71. The largest absolute Gasteiger partial charge is 0.316 e. The number of anilines is 1. The van der Waals surface area contributed by atoms with Gasteiger partial charge in [0.15, 0.2) is 0 Å². The predicted octanol–water partition coefficient (Wildman–Crippen LogP) is 3.62. The fraction of sp³-hybridized carbons (Fsp3) is 0.571. The Morgan fingerprint density at radius 2 is 2.17 bits per heavy atom. The number of hydrogen-bond acceptors (Lipinski definition) is 3. The highest BCUT2D eigenvalue weighted by atomic mass is 32.1. The molecule has 1 aliphatic carbocycles. The highest BCUT2D eigenvalue weighted by molar-refractivity contribution is 7.16. The highest BCUT2D eigenvalue weighted by Crippen LogP contribution is 2.34. The standard InChI is InChI=1S/C14H18N2OS/c1-3-11-9(2)18-14(12(11)8-15)16-13(17)10-6-4-5-7-10/h10H,3-7H2,1-2H3,(H,16,17). The molecule has 0 atom stereocenters. The zero-order valence-corrected chi connectivity index (χ0v) is 11.7. The lowest BCUT2D eigenvalue weighted by Crippen LogP contribution is -2.20. The zero-order valence-electron chi connectivity index (χ0n) is 10.9. The third kappa shape index (κ3) is 2.41. The van der Waals surface area contributed by atoms with E-state index in [1.807, 2.05) is 13.8 Å². The van der Waals surface area contributed by atoms with Crippen LogP contribution in [-0.2, 0) is 11.2 Å². The molecule has 0 unspecified atom stereocenters. The van der Waals surface area contributed by atoms with Crippen LogP contribution in [0.5, 0.6) is 0 Å². The average Bonchev–Trinajstić information content (AvgIpc) is 2.96. The van der Waals surface area contributed by atoms with Crippen LogP contribution in [0.1, 0.15) is 48.6 Å². The second-order valence-electron chi connectivity index (χ2n) is 4.78. The molecule has 1 fully saturated rings. The first-order valence-electron chi connectivity index (χ1n) is 6.50. The van der Waals surface area contributed by atoms with E-state index in [1.54, 1.807) is 0 Å². The molecular formula is C14H18N2OS. The van der Waals surface area contributed by atoms with Crippen molar-refractivity contribution in [2.24, 2.45) is 5.92 Å². The molecule has 1 aromatic heterocycles. The normalized spacial score (nSPS) is 15.6. The van der Waals surface area contributed by atoms with Crippen LogP contribution >= 0.6 is 11.3 Å². The van der Waals surface area contributed by atoms with E-state index in [0.717, 1.165) is 47.5 Å². The van der Waals surface area contributed by atoms with Crippen LogP contribution < -0.4 is 5.32 Å². The van der Waals surface area contributed by atoms with Crippen molar-refractivity contribution in [2.45, 2.75) is 46.0 Å². The minimum absolute atomic E-state index is 0.0907. The van der Waals surface area contributed by atoms with E-state index in [4.69, 9.17) is 0 Å². The van der Waals surface area contributed by atoms with E-state index >= 15 is 0 Å². The van der Waals surface area contributed by atoms with Gasteiger partial charge in [0, 0.05) is 10.8 Å².